The standard InChI is InChI=1S/C7H15NO/c1-6(2)7(3)8-4-5-9/h6,9H,4-5H2,1-3H3. The second kappa shape index (κ2) is 4.50. The van der Waals surface area contributed by atoms with Crippen LogP contribution >= 0.6 is 0 Å². The van der Waals surface area contributed by atoms with Crippen LogP contribution in [0.5, 0.6) is 0 Å². The second-order valence-corrected chi connectivity index (χ2v) is 2.40. The highest BCUT2D eigenvalue weighted by atomic mass is 16.3. The Morgan fingerprint density at radius 3 is 2.44 bits per heavy atom. The van der Waals surface area contributed by atoms with E-state index in [1.165, 1.54) is 0 Å². The minimum atomic E-state index is 0.157. The zero-order valence-electron chi connectivity index (χ0n) is 6.39. The van der Waals surface area contributed by atoms with Gasteiger partial charge in [0.05, 0.1) is 13.2 Å². The molecule has 0 saturated carbocycles. The lowest BCUT2D eigenvalue weighted by Gasteiger charge is -2.01. The van der Waals surface area contributed by atoms with E-state index < -0.39 is 0 Å². The van der Waals surface area contributed by atoms with Crippen molar-refractivity contribution in [3.63, 3.8) is 0 Å². The van der Waals surface area contributed by atoms with E-state index in [2.05, 4.69) is 18.8 Å². The molecule has 0 radical (unpaired) electrons. The molecule has 0 aliphatic rings. The average molecular weight is 129 g/mol. The normalized spacial score (nSPS) is 12.8. The van der Waals surface area contributed by atoms with Gasteiger partial charge in [0, 0.05) is 5.71 Å². The Labute approximate surface area is 56.6 Å². The lowest BCUT2D eigenvalue weighted by Crippen LogP contribution is -2.03. The van der Waals surface area contributed by atoms with Crippen molar-refractivity contribution < 1.29 is 5.11 Å². The third-order valence-corrected chi connectivity index (χ3v) is 1.30. The number of aliphatic imine (C=N–C) groups is 1. The molecule has 0 saturated heterocycles. The summed E-state index contributed by atoms with van der Waals surface area (Å²) in [5.41, 5.74) is 1.11. The Kier molecular flexibility index (Phi) is 4.32. The van der Waals surface area contributed by atoms with Gasteiger partial charge in [0.25, 0.3) is 0 Å². The van der Waals surface area contributed by atoms with Crippen LogP contribution in [0.25, 0.3) is 0 Å². The molecule has 0 fully saturated rings. The van der Waals surface area contributed by atoms with Crippen molar-refractivity contribution in [1.82, 2.24) is 0 Å². The molecule has 0 aliphatic carbocycles. The van der Waals surface area contributed by atoms with Crippen molar-refractivity contribution >= 4 is 5.71 Å². The third kappa shape index (κ3) is 4.15. The van der Waals surface area contributed by atoms with E-state index in [-0.39, 0.29) is 6.61 Å². The van der Waals surface area contributed by atoms with Crippen LogP contribution in [-0.2, 0) is 0 Å². The molecule has 0 rings (SSSR count). The fourth-order valence-corrected chi connectivity index (χ4v) is 0.409. The van der Waals surface area contributed by atoms with Gasteiger partial charge in [-0.3, -0.25) is 4.99 Å². The number of nitrogens with zero attached hydrogens (tertiary/aromatic N) is 1. The molecular weight excluding hydrogens is 114 g/mol. The topological polar surface area (TPSA) is 32.6 Å². The number of rotatable bonds is 3. The van der Waals surface area contributed by atoms with Gasteiger partial charge in [0.2, 0.25) is 0 Å². The van der Waals surface area contributed by atoms with Gasteiger partial charge in [0.15, 0.2) is 0 Å². The number of hydrogen-bond donors (Lipinski definition) is 1. The first-order chi connectivity index (χ1) is 4.18. The first kappa shape index (κ1) is 8.63. The Morgan fingerprint density at radius 2 is 2.11 bits per heavy atom. The SMILES string of the molecule is CC(=NCCO)C(C)C. The van der Waals surface area contributed by atoms with Crippen LogP contribution in [0, 0.1) is 5.92 Å². The highest BCUT2D eigenvalue weighted by Crippen LogP contribution is 1.94. The highest BCUT2D eigenvalue weighted by molar-refractivity contribution is 5.83. The lowest BCUT2D eigenvalue weighted by molar-refractivity contribution is 0.306. The largest absolute Gasteiger partial charge is 0.394 e. The van der Waals surface area contributed by atoms with E-state index in [4.69, 9.17) is 5.11 Å². The summed E-state index contributed by atoms with van der Waals surface area (Å²) in [6.07, 6.45) is 0. The molecule has 0 aliphatic heterocycles. The van der Waals surface area contributed by atoms with Crippen molar-refractivity contribution in [2.75, 3.05) is 13.2 Å². The van der Waals surface area contributed by atoms with Crippen LogP contribution in [0.3, 0.4) is 0 Å². The Hall–Kier alpha value is -0.370. The molecule has 0 aromatic carbocycles. The van der Waals surface area contributed by atoms with Gasteiger partial charge in [-0.15, -0.1) is 0 Å². The molecule has 2 nitrogen and oxygen atoms in total. The van der Waals surface area contributed by atoms with Crippen LogP contribution in [-0.4, -0.2) is 24.0 Å². The molecule has 9 heavy (non-hydrogen) atoms. The van der Waals surface area contributed by atoms with Gasteiger partial charge in [0.1, 0.15) is 0 Å². The summed E-state index contributed by atoms with van der Waals surface area (Å²) < 4.78 is 0. The Bertz CT molecular complexity index is 97.1. The number of aliphatic hydroxyl groups is 1. The van der Waals surface area contributed by atoms with Gasteiger partial charge in [-0.1, -0.05) is 13.8 Å². The zero-order chi connectivity index (χ0) is 7.28. The Balaban J connectivity index is 3.55. The summed E-state index contributed by atoms with van der Waals surface area (Å²) in [6.45, 7) is 6.88. The van der Waals surface area contributed by atoms with E-state index in [9.17, 15) is 0 Å². The van der Waals surface area contributed by atoms with Crippen molar-refractivity contribution in [3.05, 3.63) is 0 Å². The van der Waals surface area contributed by atoms with Crippen molar-refractivity contribution in [3.8, 4) is 0 Å². The minimum absolute atomic E-state index is 0.157. The maximum absolute atomic E-state index is 8.39. The summed E-state index contributed by atoms with van der Waals surface area (Å²) in [4.78, 5) is 4.11. The zero-order valence-corrected chi connectivity index (χ0v) is 6.39. The summed E-state index contributed by atoms with van der Waals surface area (Å²) in [7, 11) is 0. The Morgan fingerprint density at radius 1 is 1.56 bits per heavy atom. The molecule has 2 heteroatoms. The minimum Gasteiger partial charge on any atom is -0.394 e. The van der Waals surface area contributed by atoms with Gasteiger partial charge in [-0.05, 0) is 12.8 Å². The smallest absolute Gasteiger partial charge is 0.0626 e. The maximum Gasteiger partial charge on any atom is 0.0626 e. The van der Waals surface area contributed by atoms with E-state index >= 15 is 0 Å². The van der Waals surface area contributed by atoms with E-state index in [0.29, 0.717) is 12.5 Å². The second-order valence-electron chi connectivity index (χ2n) is 2.40. The first-order valence-corrected chi connectivity index (χ1v) is 3.30. The quantitative estimate of drug-likeness (QED) is 0.568. The number of hydrogen-bond acceptors (Lipinski definition) is 2. The molecule has 0 spiro atoms. The lowest BCUT2D eigenvalue weighted by atomic mass is 10.1. The molecule has 0 amide bonds. The van der Waals surface area contributed by atoms with Crippen LogP contribution in [0.2, 0.25) is 0 Å². The van der Waals surface area contributed by atoms with Gasteiger partial charge >= 0.3 is 0 Å². The van der Waals surface area contributed by atoms with Crippen molar-refractivity contribution in [2.24, 2.45) is 10.9 Å². The molecule has 0 aromatic heterocycles. The molecule has 0 heterocycles. The predicted molar refractivity (Wildman–Crippen MR) is 39.9 cm³/mol. The van der Waals surface area contributed by atoms with Gasteiger partial charge < -0.3 is 5.11 Å². The predicted octanol–water partition coefficient (Wildman–Crippen LogP) is 1.10. The van der Waals surface area contributed by atoms with Crippen LogP contribution < -0.4 is 0 Å². The molecule has 0 atom stereocenters. The molecular formula is C7H15NO. The van der Waals surface area contributed by atoms with Crippen molar-refractivity contribution in [1.29, 1.82) is 0 Å². The summed E-state index contributed by atoms with van der Waals surface area (Å²) >= 11 is 0. The molecule has 0 bridgehead atoms. The summed E-state index contributed by atoms with van der Waals surface area (Å²) in [6, 6.07) is 0. The van der Waals surface area contributed by atoms with Crippen LogP contribution in [0.4, 0.5) is 0 Å². The molecule has 54 valence electrons. The first-order valence-electron chi connectivity index (χ1n) is 3.30. The van der Waals surface area contributed by atoms with Crippen LogP contribution in [0.15, 0.2) is 4.99 Å². The summed E-state index contributed by atoms with van der Waals surface area (Å²) in [5.74, 6) is 0.511. The van der Waals surface area contributed by atoms with E-state index in [1.54, 1.807) is 0 Å². The molecule has 0 aromatic rings. The van der Waals surface area contributed by atoms with Crippen LogP contribution in [0.1, 0.15) is 20.8 Å². The van der Waals surface area contributed by atoms with E-state index in [1.807, 2.05) is 6.92 Å². The molecule has 0 unspecified atom stereocenters. The fraction of sp³-hybridized carbons (Fsp3) is 0.857. The third-order valence-electron chi connectivity index (χ3n) is 1.30. The highest BCUT2D eigenvalue weighted by Gasteiger charge is 1.94. The monoisotopic (exact) mass is 129 g/mol. The summed E-state index contributed by atoms with van der Waals surface area (Å²) in [5, 5.41) is 8.39. The number of aliphatic hydroxyl groups excluding tert-OH is 1. The maximum atomic E-state index is 8.39. The molecule has 1 N–H and O–H groups in total. The van der Waals surface area contributed by atoms with Gasteiger partial charge in [-0.2, -0.15) is 0 Å². The van der Waals surface area contributed by atoms with Crippen molar-refractivity contribution in [2.45, 2.75) is 20.8 Å². The van der Waals surface area contributed by atoms with E-state index in [0.717, 1.165) is 5.71 Å². The average Bonchev–Trinajstić information content (AvgIpc) is 1.82. The fourth-order valence-electron chi connectivity index (χ4n) is 0.409. The van der Waals surface area contributed by atoms with Gasteiger partial charge in [-0.25, -0.2) is 0 Å².